The molecule has 1 unspecified atom stereocenters. The summed E-state index contributed by atoms with van der Waals surface area (Å²) < 4.78 is 0. The summed E-state index contributed by atoms with van der Waals surface area (Å²) >= 11 is 5.79. The molecule has 6 nitrogen and oxygen atoms in total. The summed E-state index contributed by atoms with van der Waals surface area (Å²) in [6.07, 6.45) is 0.844. The summed E-state index contributed by atoms with van der Waals surface area (Å²) in [5, 5.41) is 14.0. The first-order valence-electron chi connectivity index (χ1n) is 5.90. The normalized spacial score (nSPS) is 19.4. The molecule has 7 heteroatoms. The van der Waals surface area contributed by atoms with Crippen LogP contribution < -0.4 is 5.32 Å². The molecule has 0 aliphatic carbocycles. The van der Waals surface area contributed by atoms with Gasteiger partial charge in [0.25, 0.3) is 11.6 Å². The van der Waals surface area contributed by atoms with E-state index in [-0.39, 0.29) is 17.3 Å². The van der Waals surface area contributed by atoms with Crippen molar-refractivity contribution in [3.05, 3.63) is 38.9 Å². The number of hydrogen-bond acceptors (Lipinski definition) is 4. The number of nitrogens with zero attached hydrogens (tertiary/aromatic N) is 2. The number of nitro benzene ring substituents is 1. The van der Waals surface area contributed by atoms with Gasteiger partial charge in [-0.15, -0.1) is 0 Å². The first-order chi connectivity index (χ1) is 8.97. The molecule has 0 aromatic heterocycles. The first-order valence-corrected chi connectivity index (χ1v) is 6.28. The summed E-state index contributed by atoms with van der Waals surface area (Å²) in [5.74, 6) is -0.450. The van der Waals surface area contributed by atoms with Gasteiger partial charge in [-0.05, 0) is 32.1 Å². The average molecular weight is 284 g/mol. The molecule has 1 aromatic rings. The van der Waals surface area contributed by atoms with E-state index in [0.717, 1.165) is 19.5 Å². The minimum absolute atomic E-state index is 0.00653. The van der Waals surface area contributed by atoms with Crippen molar-refractivity contribution in [1.82, 2.24) is 10.2 Å². The maximum Gasteiger partial charge on any atom is 0.282 e. The highest BCUT2D eigenvalue weighted by atomic mass is 35.5. The number of likely N-dealkylation sites (N-methyl/N-ethyl adjacent to an activating group) is 1. The average Bonchev–Trinajstić information content (AvgIpc) is 2.74. The van der Waals surface area contributed by atoms with Crippen molar-refractivity contribution in [3.63, 3.8) is 0 Å². The summed E-state index contributed by atoms with van der Waals surface area (Å²) in [7, 11) is 1.97. The van der Waals surface area contributed by atoms with E-state index in [2.05, 4.69) is 10.2 Å². The van der Waals surface area contributed by atoms with E-state index >= 15 is 0 Å². The topological polar surface area (TPSA) is 75.5 Å². The van der Waals surface area contributed by atoms with E-state index in [1.807, 2.05) is 7.05 Å². The van der Waals surface area contributed by atoms with Gasteiger partial charge in [-0.1, -0.05) is 11.6 Å². The number of carbonyl (C=O) groups is 1. The van der Waals surface area contributed by atoms with Crippen LogP contribution in [0, 0.1) is 10.1 Å². The fourth-order valence-electron chi connectivity index (χ4n) is 2.17. The molecule has 0 saturated carbocycles. The maximum absolute atomic E-state index is 12.1. The highest BCUT2D eigenvalue weighted by Crippen LogP contribution is 2.23. The molecule has 1 saturated heterocycles. The molecule has 0 radical (unpaired) electrons. The van der Waals surface area contributed by atoms with Crippen LogP contribution in [0.2, 0.25) is 5.02 Å². The molecule has 102 valence electrons. The molecule has 1 N–H and O–H groups in total. The summed E-state index contributed by atoms with van der Waals surface area (Å²) in [5.41, 5.74) is -0.222. The Hall–Kier alpha value is -1.66. The van der Waals surface area contributed by atoms with Gasteiger partial charge in [-0.2, -0.15) is 0 Å². The Morgan fingerprint density at radius 1 is 1.58 bits per heavy atom. The van der Waals surface area contributed by atoms with E-state index in [4.69, 9.17) is 11.6 Å². The number of nitro groups is 1. The molecule has 1 fully saturated rings. The van der Waals surface area contributed by atoms with Gasteiger partial charge in [-0.25, -0.2) is 0 Å². The van der Waals surface area contributed by atoms with Crippen LogP contribution in [0.15, 0.2) is 18.2 Å². The maximum atomic E-state index is 12.1. The summed E-state index contributed by atoms with van der Waals surface area (Å²) in [6.45, 7) is 1.66. The third-order valence-corrected chi connectivity index (χ3v) is 3.36. The Balaban J connectivity index is 2.18. The SMILES string of the molecule is CN1CCC(NC(=O)c2cc(Cl)ccc2[N+](=O)[O-])C1. The Bertz CT molecular complexity index is 521. The van der Waals surface area contributed by atoms with Gasteiger partial charge in [0.05, 0.1) is 4.92 Å². The third-order valence-electron chi connectivity index (χ3n) is 3.13. The molecular formula is C12H14ClN3O3. The quantitative estimate of drug-likeness (QED) is 0.676. The van der Waals surface area contributed by atoms with Gasteiger partial charge in [0.2, 0.25) is 0 Å². The molecule has 1 heterocycles. The van der Waals surface area contributed by atoms with Crippen LogP contribution >= 0.6 is 11.6 Å². The van der Waals surface area contributed by atoms with Crippen molar-refractivity contribution in [2.24, 2.45) is 0 Å². The number of rotatable bonds is 3. The Morgan fingerprint density at radius 2 is 2.32 bits per heavy atom. The molecule has 1 aliphatic heterocycles. The number of nitrogens with one attached hydrogen (secondary N) is 1. The predicted octanol–water partition coefficient (Wildman–Crippen LogP) is 1.68. The lowest BCUT2D eigenvalue weighted by Gasteiger charge is -2.13. The monoisotopic (exact) mass is 283 g/mol. The van der Waals surface area contributed by atoms with Crippen molar-refractivity contribution in [3.8, 4) is 0 Å². The minimum Gasteiger partial charge on any atom is -0.348 e. The van der Waals surface area contributed by atoms with Crippen LogP contribution in [0.1, 0.15) is 16.8 Å². The second kappa shape index (κ2) is 5.54. The summed E-state index contributed by atoms with van der Waals surface area (Å²) in [4.78, 5) is 24.5. The van der Waals surface area contributed by atoms with Gasteiger partial charge >= 0.3 is 0 Å². The lowest BCUT2D eigenvalue weighted by atomic mass is 10.1. The van der Waals surface area contributed by atoms with Crippen molar-refractivity contribution < 1.29 is 9.72 Å². The highest BCUT2D eigenvalue weighted by Gasteiger charge is 2.25. The Morgan fingerprint density at radius 3 is 2.89 bits per heavy atom. The van der Waals surface area contributed by atoms with Gasteiger partial charge in [0.1, 0.15) is 5.56 Å². The van der Waals surface area contributed by atoms with Crippen molar-refractivity contribution in [2.45, 2.75) is 12.5 Å². The van der Waals surface area contributed by atoms with Crippen LogP contribution in [0.25, 0.3) is 0 Å². The van der Waals surface area contributed by atoms with Crippen LogP contribution in [-0.2, 0) is 0 Å². The standard InChI is InChI=1S/C12H14ClN3O3/c1-15-5-4-9(7-15)14-12(17)10-6-8(13)2-3-11(10)16(18)19/h2-3,6,9H,4-5,7H2,1H3,(H,14,17). The van der Waals surface area contributed by atoms with Gasteiger partial charge < -0.3 is 10.2 Å². The summed E-state index contributed by atoms with van der Waals surface area (Å²) in [6, 6.07) is 4.00. The smallest absolute Gasteiger partial charge is 0.282 e. The Labute approximate surface area is 115 Å². The third kappa shape index (κ3) is 3.21. The first kappa shape index (κ1) is 13.8. The lowest BCUT2D eigenvalue weighted by molar-refractivity contribution is -0.385. The molecule has 1 atom stereocenters. The second-order valence-electron chi connectivity index (χ2n) is 4.64. The zero-order valence-electron chi connectivity index (χ0n) is 10.4. The van der Waals surface area contributed by atoms with Gasteiger partial charge in [0, 0.05) is 23.7 Å². The van der Waals surface area contributed by atoms with Crippen molar-refractivity contribution in [1.29, 1.82) is 0 Å². The molecule has 1 amide bonds. The molecule has 0 bridgehead atoms. The van der Waals surface area contributed by atoms with Crippen LogP contribution in [0.5, 0.6) is 0 Å². The van der Waals surface area contributed by atoms with Crippen LogP contribution in [0.3, 0.4) is 0 Å². The van der Waals surface area contributed by atoms with Crippen LogP contribution in [-0.4, -0.2) is 41.9 Å². The molecule has 1 aromatic carbocycles. The van der Waals surface area contributed by atoms with Gasteiger partial charge in [-0.3, -0.25) is 14.9 Å². The largest absolute Gasteiger partial charge is 0.348 e. The van der Waals surface area contributed by atoms with Crippen molar-refractivity contribution >= 4 is 23.2 Å². The fraction of sp³-hybridized carbons (Fsp3) is 0.417. The Kier molecular flexibility index (Phi) is 4.01. The molecule has 0 spiro atoms. The van der Waals surface area contributed by atoms with Gasteiger partial charge in [0.15, 0.2) is 0 Å². The lowest BCUT2D eigenvalue weighted by Crippen LogP contribution is -2.36. The van der Waals surface area contributed by atoms with Crippen molar-refractivity contribution in [2.75, 3.05) is 20.1 Å². The van der Waals surface area contributed by atoms with E-state index in [9.17, 15) is 14.9 Å². The highest BCUT2D eigenvalue weighted by molar-refractivity contribution is 6.31. The number of halogens is 1. The molecule has 2 rings (SSSR count). The van der Waals surface area contributed by atoms with Crippen LogP contribution in [0.4, 0.5) is 5.69 Å². The number of likely N-dealkylation sites (tertiary alicyclic amines) is 1. The molecule has 19 heavy (non-hydrogen) atoms. The molecular weight excluding hydrogens is 270 g/mol. The minimum atomic E-state index is -0.577. The number of benzene rings is 1. The zero-order chi connectivity index (χ0) is 14.0. The zero-order valence-corrected chi connectivity index (χ0v) is 11.2. The fourth-order valence-corrected chi connectivity index (χ4v) is 2.34. The second-order valence-corrected chi connectivity index (χ2v) is 5.08. The van der Waals surface area contributed by atoms with E-state index < -0.39 is 10.8 Å². The molecule has 1 aliphatic rings. The van der Waals surface area contributed by atoms with E-state index in [1.165, 1.54) is 18.2 Å². The number of hydrogen-bond donors (Lipinski definition) is 1. The van der Waals surface area contributed by atoms with E-state index in [0.29, 0.717) is 5.02 Å². The predicted molar refractivity (Wildman–Crippen MR) is 71.5 cm³/mol. The van der Waals surface area contributed by atoms with E-state index in [1.54, 1.807) is 0 Å². The number of amides is 1. The number of carbonyl (C=O) groups excluding carboxylic acids is 1.